The van der Waals surface area contributed by atoms with Crippen molar-refractivity contribution in [2.75, 3.05) is 4.90 Å². The first-order valence-corrected chi connectivity index (χ1v) is 11.0. The Morgan fingerprint density at radius 1 is 1.06 bits per heavy atom. The van der Waals surface area contributed by atoms with E-state index in [4.69, 9.17) is 16.6 Å². The van der Waals surface area contributed by atoms with Gasteiger partial charge in [0.05, 0.1) is 5.69 Å². The summed E-state index contributed by atoms with van der Waals surface area (Å²) < 4.78 is 5.83. The Balaban J connectivity index is 1.61. The van der Waals surface area contributed by atoms with Crippen LogP contribution in [0.25, 0.3) is 6.08 Å². The van der Waals surface area contributed by atoms with Crippen LogP contribution in [0.15, 0.2) is 80.6 Å². The van der Waals surface area contributed by atoms with Gasteiger partial charge in [-0.05, 0) is 67.5 Å². The molecule has 5 nitrogen and oxygen atoms in total. The van der Waals surface area contributed by atoms with Gasteiger partial charge in [0.1, 0.15) is 11.3 Å². The molecule has 1 aliphatic heterocycles. The number of para-hydroxylation sites is 1. The summed E-state index contributed by atoms with van der Waals surface area (Å²) >= 11 is 6.76. The van der Waals surface area contributed by atoms with Crippen LogP contribution in [0.5, 0.6) is 0 Å². The van der Waals surface area contributed by atoms with Crippen molar-refractivity contribution in [3.63, 3.8) is 0 Å². The Morgan fingerprint density at radius 3 is 2.55 bits per heavy atom. The van der Waals surface area contributed by atoms with Gasteiger partial charge in [-0.2, -0.15) is 0 Å². The zero-order chi connectivity index (χ0) is 22.0. The SMILES string of the molecule is CCc1ccccc1N1C(=O)/C(=C/c2ccc(Sc3ccc(C)cc3)o2)C(=O)NC1=S. The largest absolute Gasteiger partial charge is 0.450 e. The predicted octanol–water partition coefficient (Wildman–Crippen LogP) is 5.13. The van der Waals surface area contributed by atoms with E-state index in [1.165, 1.54) is 28.3 Å². The predicted molar refractivity (Wildman–Crippen MR) is 126 cm³/mol. The highest BCUT2D eigenvalue weighted by Gasteiger charge is 2.35. The van der Waals surface area contributed by atoms with Crippen molar-refractivity contribution in [3.05, 3.63) is 83.1 Å². The molecule has 1 N–H and O–H groups in total. The normalized spacial score (nSPS) is 15.5. The van der Waals surface area contributed by atoms with E-state index in [9.17, 15) is 9.59 Å². The average Bonchev–Trinajstić information content (AvgIpc) is 3.20. The van der Waals surface area contributed by atoms with Crippen LogP contribution in [0.4, 0.5) is 5.69 Å². The number of amides is 2. The third-order valence-electron chi connectivity index (χ3n) is 4.84. The summed E-state index contributed by atoms with van der Waals surface area (Å²) in [6, 6.07) is 19.2. The number of thiocarbonyl (C=S) groups is 1. The molecule has 3 aromatic rings. The minimum Gasteiger partial charge on any atom is -0.450 e. The van der Waals surface area contributed by atoms with Gasteiger partial charge in [0.25, 0.3) is 11.8 Å². The maximum atomic E-state index is 13.2. The molecule has 0 unspecified atom stereocenters. The third kappa shape index (κ3) is 4.47. The Kier molecular flexibility index (Phi) is 6.06. The molecule has 1 aromatic heterocycles. The number of hydrogen-bond acceptors (Lipinski definition) is 5. The molecule has 0 spiro atoms. The van der Waals surface area contributed by atoms with Gasteiger partial charge < -0.3 is 4.42 Å². The lowest BCUT2D eigenvalue weighted by molar-refractivity contribution is -0.122. The second-order valence-corrected chi connectivity index (χ2v) is 8.48. The number of rotatable bonds is 5. The monoisotopic (exact) mass is 448 g/mol. The molecule has 0 radical (unpaired) electrons. The van der Waals surface area contributed by atoms with Crippen molar-refractivity contribution in [1.82, 2.24) is 5.32 Å². The van der Waals surface area contributed by atoms with Crippen LogP contribution in [-0.4, -0.2) is 16.9 Å². The van der Waals surface area contributed by atoms with E-state index in [2.05, 4.69) is 5.32 Å². The summed E-state index contributed by atoms with van der Waals surface area (Å²) in [5, 5.41) is 3.36. The van der Waals surface area contributed by atoms with Crippen LogP contribution in [0.2, 0.25) is 0 Å². The van der Waals surface area contributed by atoms with Gasteiger partial charge >= 0.3 is 0 Å². The van der Waals surface area contributed by atoms with Crippen LogP contribution in [0.1, 0.15) is 23.8 Å². The molecule has 2 amide bonds. The molecule has 2 aromatic carbocycles. The Labute approximate surface area is 190 Å². The van der Waals surface area contributed by atoms with Gasteiger partial charge in [-0.25, -0.2) is 0 Å². The highest BCUT2D eigenvalue weighted by molar-refractivity contribution is 7.99. The maximum Gasteiger partial charge on any atom is 0.270 e. The molecule has 156 valence electrons. The summed E-state index contributed by atoms with van der Waals surface area (Å²) in [5.41, 5.74) is 2.79. The van der Waals surface area contributed by atoms with Crippen LogP contribution in [0.3, 0.4) is 0 Å². The molecule has 0 aliphatic carbocycles. The van der Waals surface area contributed by atoms with E-state index in [0.717, 1.165) is 16.9 Å². The molecule has 0 atom stereocenters. The van der Waals surface area contributed by atoms with Crippen LogP contribution >= 0.6 is 24.0 Å². The van der Waals surface area contributed by atoms with Crippen molar-refractivity contribution in [3.8, 4) is 0 Å². The maximum absolute atomic E-state index is 13.2. The Morgan fingerprint density at radius 2 is 1.81 bits per heavy atom. The first-order valence-electron chi connectivity index (χ1n) is 9.80. The van der Waals surface area contributed by atoms with Gasteiger partial charge in [-0.1, -0.05) is 54.6 Å². The smallest absolute Gasteiger partial charge is 0.270 e. The minimum atomic E-state index is -0.538. The number of nitrogens with zero attached hydrogens (tertiary/aromatic N) is 1. The van der Waals surface area contributed by atoms with Gasteiger partial charge in [0.2, 0.25) is 0 Å². The van der Waals surface area contributed by atoms with Crippen molar-refractivity contribution in [1.29, 1.82) is 0 Å². The minimum absolute atomic E-state index is 0.0271. The molecular formula is C24H20N2O3S2. The van der Waals surface area contributed by atoms with Crippen molar-refractivity contribution < 1.29 is 14.0 Å². The standard InChI is InChI=1S/C24H20N2O3S2/c1-3-16-6-4-5-7-20(16)26-23(28)19(22(27)25-24(26)30)14-17-10-13-21(29-17)31-18-11-8-15(2)9-12-18/h4-14H,3H2,1-2H3,(H,25,27,30)/b19-14+. The van der Waals surface area contributed by atoms with E-state index in [1.807, 2.05) is 68.4 Å². The summed E-state index contributed by atoms with van der Waals surface area (Å²) in [4.78, 5) is 28.1. The van der Waals surface area contributed by atoms with E-state index >= 15 is 0 Å². The average molecular weight is 449 g/mol. The number of carbonyl (C=O) groups is 2. The summed E-state index contributed by atoms with van der Waals surface area (Å²) in [6.45, 7) is 4.04. The molecule has 1 fully saturated rings. The lowest BCUT2D eigenvalue weighted by atomic mass is 10.1. The highest BCUT2D eigenvalue weighted by atomic mass is 32.2. The second kappa shape index (κ2) is 8.91. The summed E-state index contributed by atoms with van der Waals surface area (Å²) in [5.74, 6) is -0.590. The van der Waals surface area contributed by atoms with E-state index < -0.39 is 11.8 Å². The molecule has 7 heteroatoms. The van der Waals surface area contributed by atoms with Crippen LogP contribution < -0.4 is 10.2 Å². The molecule has 1 aliphatic rings. The molecule has 2 heterocycles. The quantitative estimate of drug-likeness (QED) is 0.333. The number of furan rings is 1. The first kappa shape index (κ1) is 21.1. The van der Waals surface area contributed by atoms with Crippen molar-refractivity contribution in [2.45, 2.75) is 30.3 Å². The molecule has 0 bridgehead atoms. The number of hydrogen-bond donors (Lipinski definition) is 1. The number of nitrogens with one attached hydrogen (secondary N) is 1. The fraction of sp³-hybridized carbons (Fsp3) is 0.125. The Hall–Kier alpha value is -3.16. The molecule has 31 heavy (non-hydrogen) atoms. The number of carbonyl (C=O) groups excluding carboxylic acids is 2. The molecule has 0 saturated carbocycles. The summed E-state index contributed by atoms with van der Waals surface area (Å²) in [7, 11) is 0. The number of benzene rings is 2. The molecular weight excluding hydrogens is 428 g/mol. The van der Waals surface area contributed by atoms with E-state index in [0.29, 0.717) is 16.5 Å². The topological polar surface area (TPSA) is 62.6 Å². The first-order chi connectivity index (χ1) is 15.0. The Bertz CT molecular complexity index is 1200. The van der Waals surface area contributed by atoms with Crippen LogP contribution in [0, 0.1) is 6.92 Å². The molecule has 1 saturated heterocycles. The van der Waals surface area contributed by atoms with Crippen LogP contribution in [-0.2, 0) is 16.0 Å². The lowest BCUT2D eigenvalue weighted by Crippen LogP contribution is -2.54. The number of aryl methyl sites for hydroxylation is 2. The zero-order valence-corrected chi connectivity index (χ0v) is 18.7. The van der Waals surface area contributed by atoms with Gasteiger partial charge in [0, 0.05) is 4.90 Å². The van der Waals surface area contributed by atoms with E-state index in [1.54, 1.807) is 6.07 Å². The summed E-state index contributed by atoms with van der Waals surface area (Å²) in [6.07, 6.45) is 2.19. The van der Waals surface area contributed by atoms with Crippen molar-refractivity contribution in [2.24, 2.45) is 0 Å². The molecule has 4 rings (SSSR count). The third-order valence-corrected chi connectivity index (χ3v) is 6.06. The fourth-order valence-electron chi connectivity index (χ4n) is 3.24. The van der Waals surface area contributed by atoms with Gasteiger partial charge in [-0.15, -0.1) is 0 Å². The van der Waals surface area contributed by atoms with E-state index in [-0.39, 0.29) is 10.7 Å². The number of anilines is 1. The fourth-order valence-corrected chi connectivity index (χ4v) is 4.29. The zero-order valence-electron chi connectivity index (χ0n) is 17.0. The van der Waals surface area contributed by atoms with Gasteiger partial charge in [0.15, 0.2) is 10.2 Å². The highest BCUT2D eigenvalue weighted by Crippen LogP contribution is 2.31. The lowest BCUT2D eigenvalue weighted by Gasteiger charge is -2.30. The van der Waals surface area contributed by atoms with Crippen molar-refractivity contribution >= 4 is 52.7 Å². The van der Waals surface area contributed by atoms with Gasteiger partial charge in [-0.3, -0.25) is 19.8 Å². The second-order valence-electron chi connectivity index (χ2n) is 7.01.